The second kappa shape index (κ2) is 13.4. The van der Waals surface area contributed by atoms with Gasteiger partial charge in [0.05, 0.1) is 25.9 Å². The first-order valence-corrected chi connectivity index (χ1v) is 12.5. The molecule has 1 heterocycles. The summed E-state index contributed by atoms with van der Waals surface area (Å²) in [5, 5.41) is 15.7. The highest BCUT2D eigenvalue weighted by atomic mass is 16.7. The quantitative estimate of drug-likeness (QED) is 0.379. The summed E-state index contributed by atoms with van der Waals surface area (Å²) in [5.41, 5.74) is 1.37. The Morgan fingerprint density at radius 2 is 1.76 bits per heavy atom. The van der Waals surface area contributed by atoms with Crippen LogP contribution in [0.3, 0.4) is 0 Å². The van der Waals surface area contributed by atoms with E-state index in [1.54, 1.807) is 50.4 Å². The minimum absolute atomic E-state index is 0.0327. The number of aliphatic hydroxyl groups excluding tert-OH is 1. The summed E-state index contributed by atoms with van der Waals surface area (Å²) in [6, 6.07) is 13.9. The number of ether oxygens (including phenoxy) is 4. The lowest BCUT2D eigenvalue weighted by Crippen LogP contribution is -2.52. The summed E-state index contributed by atoms with van der Waals surface area (Å²) < 4.78 is 22.0. The average Bonchev–Trinajstić information content (AvgIpc) is 2.92. The van der Waals surface area contributed by atoms with Crippen LogP contribution in [0.1, 0.15) is 55.0 Å². The molecule has 0 spiro atoms. The lowest BCUT2D eigenvalue weighted by molar-refractivity contribution is -0.258. The number of hydrogen-bond donors (Lipinski definition) is 3. The smallest absolute Gasteiger partial charge is 0.338 e. The van der Waals surface area contributed by atoms with Crippen molar-refractivity contribution in [3.05, 3.63) is 65.2 Å². The predicted octanol–water partition coefficient (Wildman–Crippen LogP) is 2.50. The Hall–Kier alpha value is -3.47. The number of carbonyl (C=O) groups is 3. The third-order valence-corrected chi connectivity index (χ3v) is 6.15. The maximum Gasteiger partial charge on any atom is 0.338 e. The number of benzene rings is 2. The molecule has 1 fully saturated rings. The highest BCUT2D eigenvalue weighted by Gasteiger charge is 2.43. The Kier molecular flexibility index (Phi) is 10.2. The number of rotatable bonds is 11. The Morgan fingerprint density at radius 3 is 2.39 bits per heavy atom. The van der Waals surface area contributed by atoms with Gasteiger partial charge < -0.3 is 34.7 Å². The molecule has 3 N–H and O–H groups in total. The molecule has 206 valence electrons. The van der Waals surface area contributed by atoms with Crippen molar-refractivity contribution in [1.29, 1.82) is 0 Å². The Bertz CT molecular complexity index is 1090. The molecule has 3 rings (SSSR count). The van der Waals surface area contributed by atoms with Crippen LogP contribution in [-0.4, -0.2) is 62.0 Å². The van der Waals surface area contributed by atoms with Gasteiger partial charge in [0, 0.05) is 24.1 Å². The van der Waals surface area contributed by atoms with Crippen LogP contribution in [0.15, 0.2) is 48.5 Å². The maximum atomic E-state index is 12.9. The molecule has 0 aliphatic carbocycles. The lowest BCUT2D eigenvalue weighted by Gasteiger charge is -2.41. The van der Waals surface area contributed by atoms with Gasteiger partial charge in [-0.15, -0.1) is 0 Å². The molecule has 2 unspecified atom stereocenters. The second-order valence-electron chi connectivity index (χ2n) is 9.65. The minimum atomic E-state index is -1.30. The van der Waals surface area contributed by atoms with Crippen LogP contribution >= 0.6 is 0 Å². The molecule has 0 radical (unpaired) electrons. The first-order chi connectivity index (χ1) is 18.1. The lowest BCUT2D eigenvalue weighted by atomic mass is 9.85. The van der Waals surface area contributed by atoms with Crippen molar-refractivity contribution in [2.24, 2.45) is 5.41 Å². The van der Waals surface area contributed by atoms with E-state index in [-0.39, 0.29) is 25.4 Å². The molecule has 2 aromatic carbocycles. The zero-order valence-electron chi connectivity index (χ0n) is 22.2. The van der Waals surface area contributed by atoms with Crippen LogP contribution in [-0.2, 0) is 30.3 Å². The van der Waals surface area contributed by atoms with E-state index in [9.17, 15) is 19.5 Å². The molecule has 3 atom stereocenters. The summed E-state index contributed by atoms with van der Waals surface area (Å²) in [7, 11) is 1.58. The van der Waals surface area contributed by atoms with Crippen molar-refractivity contribution >= 4 is 17.8 Å². The molecule has 1 aliphatic heterocycles. The van der Waals surface area contributed by atoms with Crippen LogP contribution in [0.4, 0.5) is 0 Å². The van der Waals surface area contributed by atoms with Crippen LogP contribution in [0, 0.1) is 5.41 Å². The van der Waals surface area contributed by atoms with Crippen molar-refractivity contribution in [3.8, 4) is 5.75 Å². The molecule has 0 aromatic heterocycles. The van der Waals surface area contributed by atoms with Crippen molar-refractivity contribution in [3.63, 3.8) is 0 Å². The zero-order chi connectivity index (χ0) is 27.7. The largest absolute Gasteiger partial charge is 0.497 e. The van der Waals surface area contributed by atoms with Crippen molar-refractivity contribution in [2.45, 2.75) is 52.2 Å². The van der Waals surface area contributed by atoms with Gasteiger partial charge in [0.2, 0.25) is 11.8 Å². The third-order valence-electron chi connectivity index (χ3n) is 6.15. The molecule has 0 bridgehead atoms. The van der Waals surface area contributed by atoms with Gasteiger partial charge in [-0.3, -0.25) is 9.59 Å². The number of esters is 1. The number of hydrogen-bond acceptors (Lipinski definition) is 8. The van der Waals surface area contributed by atoms with Crippen molar-refractivity contribution < 1.29 is 38.4 Å². The van der Waals surface area contributed by atoms with E-state index >= 15 is 0 Å². The van der Waals surface area contributed by atoms with Crippen LogP contribution in [0.2, 0.25) is 0 Å². The van der Waals surface area contributed by atoms with Gasteiger partial charge >= 0.3 is 5.97 Å². The van der Waals surface area contributed by atoms with Crippen molar-refractivity contribution in [2.75, 3.05) is 26.9 Å². The molecular weight excluding hydrogens is 492 g/mol. The fourth-order valence-corrected chi connectivity index (χ4v) is 3.90. The SMILES string of the molecule is CCOC(=O)c1ccc(CNC(=O)C(O)CCNC(=O)[C@@H]2OC(c3ccc(OC)cc3)OCC2(C)C)cc1. The molecule has 10 heteroatoms. The number of aliphatic hydroxyl groups is 1. The zero-order valence-corrected chi connectivity index (χ0v) is 22.2. The predicted molar refractivity (Wildman–Crippen MR) is 138 cm³/mol. The van der Waals surface area contributed by atoms with Gasteiger partial charge in [0.15, 0.2) is 6.29 Å². The molecule has 38 heavy (non-hydrogen) atoms. The Labute approximate surface area is 222 Å². The van der Waals surface area contributed by atoms with Gasteiger partial charge in [0.1, 0.15) is 18.0 Å². The van der Waals surface area contributed by atoms with Crippen LogP contribution in [0.25, 0.3) is 0 Å². The van der Waals surface area contributed by atoms with E-state index in [0.717, 1.165) is 11.1 Å². The molecular formula is C28H36N2O8. The molecule has 0 saturated carbocycles. The average molecular weight is 529 g/mol. The van der Waals surface area contributed by atoms with E-state index in [2.05, 4.69) is 10.6 Å². The fourth-order valence-electron chi connectivity index (χ4n) is 3.90. The third kappa shape index (κ3) is 7.77. The number of carbonyl (C=O) groups excluding carboxylic acids is 3. The van der Waals surface area contributed by atoms with Crippen molar-refractivity contribution in [1.82, 2.24) is 10.6 Å². The Balaban J connectivity index is 1.45. The highest BCUT2D eigenvalue weighted by Crippen LogP contribution is 2.36. The first-order valence-electron chi connectivity index (χ1n) is 12.5. The number of methoxy groups -OCH3 is 1. The monoisotopic (exact) mass is 528 g/mol. The van der Waals surface area contributed by atoms with Crippen LogP contribution < -0.4 is 15.4 Å². The summed E-state index contributed by atoms with van der Waals surface area (Å²) in [6.45, 7) is 6.37. The maximum absolute atomic E-state index is 12.9. The van der Waals surface area contributed by atoms with Gasteiger partial charge in [-0.1, -0.05) is 38.1 Å². The van der Waals surface area contributed by atoms with E-state index < -0.39 is 35.8 Å². The first kappa shape index (κ1) is 29.1. The normalized spacial score (nSPS) is 19.2. The summed E-state index contributed by atoms with van der Waals surface area (Å²) in [4.78, 5) is 37.0. The number of amides is 2. The summed E-state index contributed by atoms with van der Waals surface area (Å²) in [5.74, 6) is -0.609. The van der Waals surface area contributed by atoms with Gasteiger partial charge in [-0.2, -0.15) is 0 Å². The topological polar surface area (TPSA) is 132 Å². The van der Waals surface area contributed by atoms with Gasteiger partial charge in [-0.25, -0.2) is 4.79 Å². The van der Waals surface area contributed by atoms with E-state index in [1.165, 1.54) is 0 Å². The van der Waals surface area contributed by atoms with Gasteiger partial charge in [-0.05, 0) is 43.2 Å². The fraction of sp³-hybridized carbons (Fsp3) is 0.464. The van der Waals surface area contributed by atoms with Gasteiger partial charge in [0.25, 0.3) is 0 Å². The molecule has 10 nitrogen and oxygen atoms in total. The molecule has 2 aromatic rings. The Morgan fingerprint density at radius 1 is 1.08 bits per heavy atom. The molecule has 1 saturated heterocycles. The van der Waals surface area contributed by atoms with E-state index in [1.807, 2.05) is 26.0 Å². The molecule has 2 amide bonds. The summed E-state index contributed by atoms with van der Waals surface area (Å²) >= 11 is 0. The molecule has 1 aliphatic rings. The number of nitrogens with one attached hydrogen (secondary N) is 2. The van der Waals surface area contributed by atoms with E-state index in [4.69, 9.17) is 18.9 Å². The summed E-state index contributed by atoms with van der Waals surface area (Å²) in [6.07, 6.45) is -2.76. The minimum Gasteiger partial charge on any atom is -0.497 e. The standard InChI is InChI=1S/C28H36N2O8/c1-5-36-26(34)19-8-6-18(7-9-19)16-30-24(32)22(31)14-15-29-25(33)23-28(2,3)17-37-27(38-23)20-10-12-21(35-4)13-11-20/h6-13,22-23,27,31H,5,14-17H2,1-4H3,(H,29,33)(H,30,32)/t22?,23-,27?/m0/s1. The van der Waals surface area contributed by atoms with Crippen LogP contribution in [0.5, 0.6) is 5.75 Å². The highest BCUT2D eigenvalue weighted by molar-refractivity contribution is 5.89. The van der Waals surface area contributed by atoms with E-state index in [0.29, 0.717) is 24.5 Å². The second-order valence-corrected chi connectivity index (χ2v) is 9.65.